The van der Waals surface area contributed by atoms with Gasteiger partial charge in [-0.2, -0.15) is 0 Å². The van der Waals surface area contributed by atoms with Gasteiger partial charge in [0.15, 0.2) is 0 Å². The molecule has 108 valence electrons. The molecule has 0 spiro atoms. The lowest BCUT2D eigenvalue weighted by Gasteiger charge is -2.20. The van der Waals surface area contributed by atoms with Crippen LogP contribution in [0.1, 0.15) is 37.7 Å². The van der Waals surface area contributed by atoms with Gasteiger partial charge in [0, 0.05) is 18.9 Å². The van der Waals surface area contributed by atoms with E-state index >= 15 is 0 Å². The molecule has 0 fully saturated rings. The molecule has 0 radical (unpaired) electrons. The summed E-state index contributed by atoms with van der Waals surface area (Å²) in [5.74, 6) is 0.716. The van der Waals surface area contributed by atoms with Crippen LogP contribution in [0.5, 0.6) is 0 Å². The lowest BCUT2D eigenvalue weighted by Crippen LogP contribution is -2.25. The van der Waals surface area contributed by atoms with E-state index in [4.69, 9.17) is 0 Å². The Kier molecular flexibility index (Phi) is 5.31. The number of aryl methyl sites for hydroxylation is 1. The molecule has 0 aliphatic heterocycles. The van der Waals surface area contributed by atoms with Gasteiger partial charge in [0.05, 0.1) is 10.5 Å². The van der Waals surface area contributed by atoms with Crippen LogP contribution in [0.25, 0.3) is 0 Å². The van der Waals surface area contributed by atoms with Crippen molar-refractivity contribution in [2.24, 2.45) is 0 Å². The molecule has 0 amide bonds. The largest absolute Gasteiger partial charge is 0.333 e. The Morgan fingerprint density at radius 2 is 2.20 bits per heavy atom. The van der Waals surface area contributed by atoms with Gasteiger partial charge in [0.2, 0.25) is 0 Å². The van der Waals surface area contributed by atoms with Crippen LogP contribution in [-0.2, 0) is 6.54 Å². The SMILES string of the molecule is CCCn1ccnc1C(NCC)c1ccc(F)c(Br)c1. The number of hydrogen-bond acceptors (Lipinski definition) is 2. The molecule has 1 aromatic carbocycles. The predicted molar refractivity (Wildman–Crippen MR) is 82.1 cm³/mol. The molecule has 1 heterocycles. The molecule has 1 atom stereocenters. The van der Waals surface area contributed by atoms with Crippen LogP contribution in [0.15, 0.2) is 35.1 Å². The predicted octanol–water partition coefficient (Wildman–Crippen LogP) is 3.89. The maximum absolute atomic E-state index is 13.4. The van der Waals surface area contributed by atoms with E-state index in [0.29, 0.717) is 4.47 Å². The Morgan fingerprint density at radius 3 is 2.85 bits per heavy atom. The summed E-state index contributed by atoms with van der Waals surface area (Å²) in [5.41, 5.74) is 1.00. The van der Waals surface area contributed by atoms with Crippen LogP contribution >= 0.6 is 15.9 Å². The van der Waals surface area contributed by atoms with Crippen LogP contribution < -0.4 is 5.32 Å². The van der Waals surface area contributed by atoms with Gasteiger partial charge in [0.25, 0.3) is 0 Å². The van der Waals surface area contributed by atoms with Crippen molar-refractivity contribution in [2.75, 3.05) is 6.54 Å². The van der Waals surface area contributed by atoms with E-state index in [0.717, 1.165) is 30.9 Å². The average Bonchev–Trinajstić information content (AvgIpc) is 2.88. The number of halogens is 2. The molecule has 0 bridgehead atoms. The van der Waals surface area contributed by atoms with Crippen molar-refractivity contribution < 1.29 is 4.39 Å². The second-order valence-electron chi connectivity index (χ2n) is 4.64. The smallest absolute Gasteiger partial charge is 0.137 e. The first-order valence-electron chi connectivity index (χ1n) is 6.86. The van der Waals surface area contributed by atoms with Gasteiger partial charge in [-0.05, 0) is 46.6 Å². The fraction of sp³-hybridized carbons (Fsp3) is 0.400. The van der Waals surface area contributed by atoms with E-state index in [-0.39, 0.29) is 11.9 Å². The molecule has 20 heavy (non-hydrogen) atoms. The number of nitrogens with one attached hydrogen (secondary N) is 1. The summed E-state index contributed by atoms with van der Waals surface area (Å²) in [5, 5.41) is 3.42. The molecular weight excluding hydrogens is 321 g/mol. The molecule has 0 aliphatic carbocycles. The van der Waals surface area contributed by atoms with E-state index in [1.807, 2.05) is 18.5 Å². The number of benzene rings is 1. The molecule has 0 aliphatic rings. The Bertz CT molecular complexity index is 568. The Balaban J connectivity index is 2.39. The summed E-state index contributed by atoms with van der Waals surface area (Å²) in [6, 6.07) is 5.07. The van der Waals surface area contributed by atoms with Crippen LogP contribution in [0.3, 0.4) is 0 Å². The first kappa shape index (κ1) is 15.2. The van der Waals surface area contributed by atoms with Crippen LogP contribution in [0, 0.1) is 5.82 Å². The highest BCUT2D eigenvalue weighted by Crippen LogP contribution is 2.25. The van der Waals surface area contributed by atoms with Gasteiger partial charge < -0.3 is 9.88 Å². The van der Waals surface area contributed by atoms with Crippen LogP contribution in [0.4, 0.5) is 4.39 Å². The normalized spacial score (nSPS) is 12.6. The number of aromatic nitrogens is 2. The first-order valence-corrected chi connectivity index (χ1v) is 7.66. The molecule has 2 rings (SSSR count). The lowest BCUT2D eigenvalue weighted by atomic mass is 10.1. The number of imidazole rings is 1. The minimum atomic E-state index is -0.249. The van der Waals surface area contributed by atoms with Gasteiger partial charge in [-0.3, -0.25) is 0 Å². The number of hydrogen-bond donors (Lipinski definition) is 1. The van der Waals surface area contributed by atoms with E-state index < -0.39 is 0 Å². The Hall–Kier alpha value is -1.20. The van der Waals surface area contributed by atoms with Crippen molar-refractivity contribution in [3.63, 3.8) is 0 Å². The van der Waals surface area contributed by atoms with E-state index in [9.17, 15) is 4.39 Å². The third-order valence-electron chi connectivity index (χ3n) is 3.16. The Labute approximate surface area is 127 Å². The van der Waals surface area contributed by atoms with Crippen molar-refractivity contribution in [3.8, 4) is 0 Å². The quantitative estimate of drug-likeness (QED) is 0.865. The maximum atomic E-state index is 13.4. The maximum Gasteiger partial charge on any atom is 0.137 e. The Morgan fingerprint density at radius 1 is 1.40 bits per heavy atom. The standard InChI is InChI=1S/C15H19BrFN3/c1-3-8-20-9-7-19-15(20)14(18-4-2)11-5-6-13(17)12(16)10-11/h5-7,9-10,14,18H,3-4,8H2,1-2H3. The highest BCUT2D eigenvalue weighted by molar-refractivity contribution is 9.10. The molecule has 0 saturated heterocycles. The first-order chi connectivity index (χ1) is 9.67. The highest BCUT2D eigenvalue weighted by Gasteiger charge is 2.19. The van der Waals surface area contributed by atoms with Gasteiger partial charge in [-0.25, -0.2) is 9.37 Å². The molecule has 1 aromatic heterocycles. The van der Waals surface area contributed by atoms with Crippen molar-refractivity contribution in [1.29, 1.82) is 0 Å². The molecular formula is C15H19BrFN3. The summed E-state index contributed by atoms with van der Waals surface area (Å²) in [7, 11) is 0. The van der Waals surface area contributed by atoms with Gasteiger partial charge in [-0.1, -0.05) is 19.9 Å². The molecule has 2 aromatic rings. The third kappa shape index (κ3) is 3.27. The minimum Gasteiger partial charge on any atom is -0.333 e. The van der Waals surface area contributed by atoms with Crippen molar-refractivity contribution in [1.82, 2.24) is 14.9 Å². The summed E-state index contributed by atoms with van der Waals surface area (Å²) in [6.45, 7) is 5.94. The molecule has 1 unspecified atom stereocenters. The fourth-order valence-corrected chi connectivity index (χ4v) is 2.66. The zero-order valence-electron chi connectivity index (χ0n) is 11.7. The van der Waals surface area contributed by atoms with E-state index in [1.165, 1.54) is 6.07 Å². The van der Waals surface area contributed by atoms with Crippen molar-refractivity contribution in [2.45, 2.75) is 32.9 Å². The molecule has 5 heteroatoms. The zero-order chi connectivity index (χ0) is 14.5. The molecule has 3 nitrogen and oxygen atoms in total. The second-order valence-corrected chi connectivity index (χ2v) is 5.50. The van der Waals surface area contributed by atoms with Crippen LogP contribution in [-0.4, -0.2) is 16.1 Å². The van der Waals surface area contributed by atoms with E-state index in [1.54, 1.807) is 6.07 Å². The average molecular weight is 340 g/mol. The molecule has 0 saturated carbocycles. The van der Waals surface area contributed by atoms with Crippen molar-refractivity contribution >= 4 is 15.9 Å². The van der Waals surface area contributed by atoms with Gasteiger partial charge in [0.1, 0.15) is 11.6 Å². The topological polar surface area (TPSA) is 29.9 Å². The third-order valence-corrected chi connectivity index (χ3v) is 3.76. The summed E-state index contributed by atoms with van der Waals surface area (Å²) < 4.78 is 16.0. The van der Waals surface area contributed by atoms with Gasteiger partial charge in [-0.15, -0.1) is 0 Å². The van der Waals surface area contributed by atoms with Gasteiger partial charge >= 0.3 is 0 Å². The summed E-state index contributed by atoms with van der Waals surface area (Å²) in [6.07, 6.45) is 4.85. The monoisotopic (exact) mass is 339 g/mol. The lowest BCUT2D eigenvalue weighted by molar-refractivity contribution is 0.542. The minimum absolute atomic E-state index is 0.0292. The summed E-state index contributed by atoms with van der Waals surface area (Å²) >= 11 is 3.25. The van der Waals surface area contributed by atoms with Crippen LogP contribution in [0.2, 0.25) is 0 Å². The van der Waals surface area contributed by atoms with E-state index in [2.05, 4.69) is 44.6 Å². The molecule has 1 N–H and O–H groups in total. The number of nitrogens with zero attached hydrogens (tertiary/aromatic N) is 2. The second kappa shape index (κ2) is 6.99. The number of rotatable bonds is 6. The fourth-order valence-electron chi connectivity index (χ4n) is 2.27. The highest BCUT2D eigenvalue weighted by atomic mass is 79.9. The van der Waals surface area contributed by atoms with Crippen molar-refractivity contribution in [3.05, 3.63) is 52.3 Å². The zero-order valence-corrected chi connectivity index (χ0v) is 13.3. The summed E-state index contributed by atoms with van der Waals surface area (Å²) in [4.78, 5) is 4.47.